The van der Waals surface area contributed by atoms with E-state index in [1.165, 1.54) is 18.2 Å². The summed E-state index contributed by atoms with van der Waals surface area (Å²) in [4.78, 5) is 15.1. The number of amides is 1. The molecule has 0 aliphatic carbocycles. The van der Waals surface area contributed by atoms with Crippen LogP contribution in [-0.4, -0.2) is 19.3 Å². The van der Waals surface area contributed by atoms with Gasteiger partial charge in [-0.25, -0.2) is 18.5 Å². The summed E-state index contributed by atoms with van der Waals surface area (Å²) in [6, 6.07) is 5.89. The average Bonchev–Trinajstić information content (AvgIpc) is 2.40. The van der Waals surface area contributed by atoms with Crippen molar-refractivity contribution < 1.29 is 17.6 Å². The third-order valence-electron chi connectivity index (χ3n) is 2.50. The quantitative estimate of drug-likeness (QED) is 0.838. The molecule has 9 heteroatoms. The Morgan fingerprint density at radius 1 is 1.29 bits per heavy atom. The van der Waals surface area contributed by atoms with E-state index in [-0.39, 0.29) is 21.2 Å². The first-order valence-electron chi connectivity index (χ1n) is 5.52. The van der Waals surface area contributed by atoms with Crippen LogP contribution in [0.2, 0.25) is 5.02 Å². The minimum atomic E-state index is -3.92. The van der Waals surface area contributed by atoms with Crippen molar-refractivity contribution in [3.05, 3.63) is 53.1 Å². The molecule has 0 atom stereocenters. The van der Waals surface area contributed by atoms with Crippen LogP contribution >= 0.6 is 11.6 Å². The van der Waals surface area contributed by atoms with E-state index in [4.69, 9.17) is 16.7 Å². The van der Waals surface area contributed by atoms with Crippen molar-refractivity contribution in [3.8, 4) is 0 Å². The van der Waals surface area contributed by atoms with Crippen molar-refractivity contribution in [1.82, 2.24) is 4.98 Å². The maximum Gasteiger partial charge on any atom is 0.257 e. The zero-order valence-electron chi connectivity index (χ0n) is 10.4. The van der Waals surface area contributed by atoms with E-state index in [1.54, 1.807) is 0 Å². The fourth-order valence-electron chi connectivity index (χ4n) is 1.48. The predicted octanol–water partition coefficient (Wildman–Crippen LogP) is 1.77. The Bertz CT molecular complexity index is 794. The molecule has 0 bridgehead atoms. The largest absolute Gasteiger partial charge is 0.321 e. The minimum absolute atomic E-state index is 0.0671. The molecule has 0 saturated heterocycles. The van der Waals surface area contributed by atoms with E-state index in [0.717, 1.165) is 18.3 Å². The molecule has 6 nitrogen and oxygen atoms in total. The van der Waals surface area contributed by atoms with Gasteiger partial charge in [0, 0.05) is 6.20 Å². The van der Waals surface area contributed by atoms with Crippen molar-refractivity contribution in [1.29, 1.82) is 0 Å². The summed E-state index contributed by atoms with van der Waals surface area (Å²) in [6.45, 7) is 0. The first-order chi connectivity index (χ1) is 9.77. The van der Waals surface area contributed by atoms with Crippen LogP contribution in [0.25, 0.3) is 0 Å². The topological polar surface area (TPSA) is 102 Å². The first-order valence-corrected chi connectivity index (χ1v) is 7.45. The monoisotopic (exact) mass is 329 g/mol. The van der Waals surface area contributed by atoms with Gasteiger partial charge in [-0.2, -0.15) is 4.39 Å². The Morgan fingerprint density at radius 2 is 2.00 bits per heavy atom. The van der Waals surface area contributed by atoms with Gasteiger partial charge in [0.25, 0.3) is 5.91 Å². The number of nitrogens with one attached hydrogen (secondary N) is 1. The molecule has 0 unspecified atom stereocenters. The summed E-state index contributed by atoms with van der Waals surface area (Å²) in [6.07, 6.45) is 1.04. The molecule has 21 heavy (non-hydrogen) atoms. The van der Waals surface area contributed by atoms with E-state index in [1.807, 2.05) is 0 Å². The second-order valence-electron chi connectivity index (χ2n) is 4.01. The normalized spacial score (nSPS) is 11.2. The van der Waals surface area contributed by atoms with Crippen LogP contribution in [0.5, 0.6) is 0 Å². The molecule has 0 aliphatic rings. The molecule has 0 aliphatic heterocycles. The maximum atomic E-state index is 12.7. The molecule has 1 heterocycles. The second-order valence-corrected chi connectivity index (χ2v) is 5.98. The zero-order valence-corrected chi connectivity index (χ0v) is 12.0. The number of anilines is 1. The highest BCUT2D eigenvalue weighted by molar-refractivity contribution is 7.89. The lowest BCUT2D eigenvalue weighted by Crippen LogP contribution is -2.15. The lowest BCUT2D eigenvalue weighted by molar-refractivity contribution is 0.102. The van der Waals surface area contributed by atoms with Crippen molar-refractivity contribution in [2.45, 2.75) is 4.90 Å². The maximum absolute atomic E-state index is 12.7. The molecule has 1 amide bonds. The van der Waals surface area contributed by atoms with Crippen molar-refractivity contribution in [3.63, 3.8) is 0 Å². The van der Waals surface area contributed by atoms with E-state index in [9.17, 15) is 17.6 Å². The SMILES string of the molecule is NS(=O)(=O)c1ccc(Cl)c(NC(=O)c2ccc(F)nc2)c1. The number of sulfonamides is 1. The van der Waals surface area contributed by atoms with Crippen LogP contribution in [0, 0.1) is 5.95 Å². The van der Waals surface area contributed by atoms with Gasteiger partial charge in [-0.3, -0.25) is 4.79 Å². The summed E-state index contributed by atoms with van der Waals surface area (Å²) in [5.41, 5.74) is 0.158. The van der Waals surface area contributed by atoms with Crippen LogP contribution in [0.3, 0.4) is 0 Å². The van der Waals surface area contributed by atoms with Gasteiger partial charge in [0.1, 0.15) is 0 Å². The smallest absolute Gasteiger partial charge is 0.257 e. The second kappa shape index (κ2) is 5.76. The van der Waals surface area contributed by atoms with Gasteiger partial charge in [-0.15, -0.1) is 0 Å². The Morgan fingerprint density at radius 3 is 2.57 bits per heavy atom. The number of hydrogen-bond donors (Lipinski definition) is 2. The molecule has 3 N–H and O–H groups in total. The number of primary sulfonamides is 1. The molecule has 110 valence electrons. The third-order valence-corrected chi connectivity index (χ3v) is 3.74. The molecule has 1 aromatic carbocycles. The van der Waals surface area contributed by atoms with Crippen molar-refractivity contribution >= 4 is 33.2 Å². The van der Waals surface area contributed by atoms with E-state index in [0.29, 0.717) is 0 Å². The predicted molar refractivity (Wildman–Crippen MR) is 75.0 cm³/mol. The molecule has 2 aromatic rings. The molecule has 2 rings (SSSR count). The standard InChI is InChI=1S/C12H9ClFN3O3S/c13-9-3-2-8(21(15,19)20)5-10(9)17-12(18)7-1-4-11(14)16-6-7/h1-6H,(H,17,18)(H2,15,19,20). The summed E-state index contributed by atoms with van der Waals surface area (Å²) < 4.78 is 35.2. The minimum Gasteiger partial charge on any atom is -0.321 e. The molecule has 0 spiro atoms. The van der Waals surface area contributed by atoms with Gasteiger partial charge in [-0.05, 0) is 30.3 Å². The number of aromatic nitrogens is 1. The van der Waals surface area contributed by atoms with E-state index in [2.05, 4.69) is 10.3 Å². The summed E-state index contributed by atoms with van der Waals surface area (Å²) >= 11 is 5.88. The summed E-state index contributed by atoms with van der Waals surface area (Å²) in [5, 5.41) is 7.53. The fourth-order valence-corrected chi connectivity index (χ4v) is 2.19. The van der Waals surface area contributed by atoms with E-state index >= 15 is 0 Å². The Hall–Kier alpha value is -2.03. The first kappa shape index (κ1) is 15.4. The molecular weight excluding hydrogens is 321 g/mol. The van der Waals surface area contributed by atoms with Gasteiger partial charge < -0.3 is 5.32 Å². The van der Waals surface area contributed by atoms with Gasteiger partial charge in [0.2, 0.25) is 16.0 Å². The van der Waals surface area contributed by atoms with Crippen molar-refractivity contribution in [2.24, 2.45) is 5.14 Å². The number of nitrogens with zero attached hydrogens (tertiary/aromatic N) is 1. The number of halogens is 2. The van der Waals surface area contributed by atoms with Gasteiger partial charge >= 0.3 is 0 Å². The summed E-state index contributed by atoms with van der Waals surface area (Å²) in [5.74, 6) is -1.34. The van der Waals surface area contributed by atoms with E-state index < -0.39 is 21.9 Å². The highest BCUT2D eigenvalue weighted by Crippen LogP contribution is 2.25. The Kier molecular flexibility index (Phi) is 4.21. The highest BCUT2D eigenvalue weighted by Gasteiger charge is 2.13. The lowest BCUT2D eigenvalue weighted by atomic mass is 10.2. The van der Waals surface area contributed by atoms with Gasteiger partial charge in [-0.1, -0.05) is 11.6 Å². The number of hydrogen-bond acceptors (Lipinski definition) is 4. The summed E-state index contributed by atoms with van der Waals surface area (Å²) in [7, 11) is -3.92. The highest BCUT2D eigenvalue weighted by atomic mass is 35.5. The molecule has 0 saturated carbocycles. The molecule has 0 fully saturated rings. The average molecular weight is 330 g/mol. The third kappa shape index (κ3) is 3.75. The molecule has 1 aromatic heterocycles. The number of benzene rings is 1. The number of pyridine rings is 1. The van der Waals surface area contributed by atoms with Gasteiger partial charge in [0.15, 0.2) is 0 Å². The number of rotatable bonds is 3. The molecular formula is C12H9ClFN3O3S. The number of nitrogens with two attached hydrogens (primary N) is 1. The molecule has 0 radical (unpaired) electrons. The Labute approximate surface area is 124 Å². The van der Waals surface area contributed by atoms with Crippen molar-refractivity contribution in [2.75, 3.05) is 5.32 Å². The lowest BCUT2D eigenvalue weighted by Gasteiger charge is -2.08. The fraction of sp³-hybridized carbons (Fsp3) is 0. The van der Waals surface area contributed by atoms with Crippen LogP contribution in [0.1, 0.15) is 10.4 Å². The van der Waals surface area contributed by atoms with Crippen LogP contribution in [0.4, 0.5) is 10.1 Å². The zero-order chi connectivity index (χ0) is 15.6. The van der Waals surface area contributed by atoms with Gasteiger partial charge in [0.05, 0.1) is 21.2 Å². The van der Waals surface area contributed by atoms with Crippen LogP contribution in [0.15, 0.2) is 41.4 Å². The van der Waals surface area contributed by atoms with Crippen LogP contribution < -0.4 is 10.5 Å². The number of carbonyl (C=O) groups is 1. The van der Waals surface area contributed by atoms with Crippen LogP contribution in [-0.2, 0) is 10.0 Å². The number of carbonyl (C=O) groups excluding carboxylic acids is 1. The Balaban J connectivity index is 2.31.